The second kappa shape index (κ2) is 7.84. The highest BCUT2D eigenvalue weighted by Gasteiger charge is 2.13. The zero-order valence-corrected chi connectivity index (χ0v) is 17.4. The maximum Gasteiger partial charge on any atom is 0.142 e. The Labute approximate surface area is 175 Å². The average Bonchev–Trinajstić information content (AvgIpc) is 3.20. The number of hydrogen-bond acceptors (Lipinski definition) is 5. The van der Waals surface area contributed by atoms with E-state index in [9.17, 15) is 0 Å². The summed E-state index contributed by atoms with van der Waals surface area (Å²) in [6.45, 7) is 4.28. The van der Waals surface area contributed by atoms with Crippen LogP contribution in [0.5, 0.6) is 0 Å². The van der Waals surface area contributed by atoms with Gasteiger partial charge in [0, 0.05) is 29.3 Å². The maximum absolute atomic E-state index is 4.69. The van der Waals surface area contributed by atoms with E-state index in [0.29, 0.717) is 0 Å². The molecule has 3 heterocycles. The predicted octanol–water partition coefficient (Wildman–Crippen LogP) is 6.40. The van der Waals surface area contributed by atoms with Crippen molar-refractivity contribution < 1.29 is 0 Å². The molecule has 0 radical (unpaired) electrons. The Hall–Kier alpha value is -2.92. The van der Waals surface area contributed by atoms with Crippen molar-refractivity contribution in [1.82, 2.24) is 9.97 Å². The third-order valence-corrected chi connectivity index (χ3v) is 6.49. The number of nitrogens with zero attached hydrogens (tertiary/aromatic N) is 3. The highest BCUT2D eigenvalue weighted by Crippen LogP contribution is 2.36. The van der Waals surface area contributed by atoms with E-state index in [1.807, 2.05) is 13.0 Å². The third-order valence-electron chi connectivity index (χ3n) is 5.41. The van der Waals surface area contributed by atoms with Crippen molar-refractivity contribution in [3.63, 3.8) is 0 Å². The van der Waals surface area contributed by atoms with Gasteiger partial charge in [0.05, 0.1) is 5.39 Å². The Morgan fingerprint density at radius 3 is 2.41 bits per heavy atom. The third kappa shape index (κ3) is 3.83. The van der Waals surface area contributed by atoms with E-state index in [1.54, 1.807) is 11.3 Å². The van der Waals surface area contributed by atoms with Crippen LogP contribution in [0.3, 0.4) is 0 Å². The summed E-state index contributed by atoms with van der Waals surface area (Å²) < 4.78 is 0. The molecule has 1 saturated heterocycles. The molecule has 1 fully saturated rings. The average molecular weight is 401 g/mol. The molecule has 5 rings (SSSR count). The van der Waals surface area contributed by atoms with Gasteiger partial charge in [-0.3, -0.25) is 0 Å². The van der Waals surface area contributed by atoms with Gasteiger partial charge >= 0.3 is 0 Å². The molecule has 2 aromatic carbocycles. The van der Waals surface area contributed by atoms with Crippen molar-refractivity contribution in [3.8, 4) is 10.4 Å². The Bertz CT molecular complexity index is 1110. The van der Waals surface area contributed by atoms with Crippen molar-refractivity contribution in [3.05, 3.63) is 66.5 Å². The number of rotatable bonds is 4. The minimum Gasteiger partial charge on any atom is -0.372 e. The Kier molecular flexibility index (Phi) is 4.90. The summed E-state index contributed by atoms with van der Waals surface area (Å²) in [5.74, 6) is 1.66. The topological polar surface area (TPSA) is 41.1 Å². The first kappa shape index (κ1) is 18.1. The van der Waals surface area contributed by atoms with Gasteiger partial charge in [-0.25, -0.2) is 9.97 Å². The van der Waals surface area contributed by atoms with Gasteiger partial charge in [0.1, 0.15) is 16.5 Å². The summed E-state index contributed by atoms with van der Waals surface area (Å²) in [7, 11) is 0. The number of piperidine rings is 1. The van der Waals surface area contributed by atoms with E-state index < -0.39 is 0 Å². The van der Waals surface area contributed by atoms with Gasteiger partial charge in [0.2, 0.25) is 0 Å². The standard InChI is InChI=1S/C24H24N4S/c1-17-25-23(21-16-22(29-24(21)26-17)18-8-4-2-5-9-18)27-19-10-12-20(13-11-19)28-14-6-3-7-15-28/h2,4-5,8-13,16H,3,6-7,14-15H2,1H3,(H,25,26,27). The molecule has 0 unspecified atom stereocenters. The summed E-state index contributed by atoms with van der Waals surface area (Å²) >= 11 is 1.71. The van der Waals surface area contributed by atoms with Gasteiger partial charge in [-0.2, -0.15) is 0 Å². The van der Waals surface area contributed by atoms with Crippen molar-refractivity contribution in [2.24, 2.45) is 0 Å². The number of fused-ring (bicyclic) bond motifs is 1. The quantitative estimate of drug-likeness (QED) is 0.430. The van der Waals surface area contributed by atoms with E-state index in [-0.39, 0.29) is 0 Å². The lowest BCUT2D eigenvalue weighted by Crippen LogP contribution is -2.29. The molecule has 0 spiro atoms. The van der Waals surface area contributed by atoms with Crippen LogP contribution in [0.25, 0.3) is 20.7 Å². The monoisotopic (exact) mass is 400 g/mol. The Morgan fingerprint density at radius 2 is 1.66 bits per heavy atom. The Balaban J connectivity index is 1.44. The van der Waals surface area contributed by atoms with Crippen LogP contribution in [0.4, 0.5) is 17.2 Å². The molecule has 1 aliphatic rings. The number of thiophene rings is 1. The van der Waals surface area contributed by atoms with Gasteiger partial charge in [-0.05, 0) is 62.1 Å². The lowest BCUT2D eigenvalue weighted by atomic mass is 10.1. The number of anilines is 3. The zero-order valence-electron chi connectivity index (χ0n) is 16.6. The minimum atomic E-state index is 0.784. The number of aryl methyl sites for hydroxylation is 1. The van der Waals surface area contributed by atoms with E-state index in [1.165, 1.54) is 35.4 Å². The van der Waals surface area contributed by atoms with Crippen molar-refractivity contribution in [1.29, 1.82) is 0 Å². The van der Waals surface area contributed by atoms with Crippen LogP contribution in [-0.4, -0.2) is 23.1 Å². The van der Waals surface area contributed by atoms with Crippen LogP contribution in [0.15, 0.2) is 60.7 Å². The van der Waals surface area contributed by atoms with Gasteiger partial charge in [-0.1, -0.05) is 30.3 Å². The van der Waals surface area contributed by atoms with Crippen molar-refractivity contribution >= 4 is 38.7 Å². The van der Waals surface area contributed by atoms with Crippen LogP contribution in [0, 0.1) is 6.92 Å². The fourth-order valence-corrected chi connectivity index (χ4v) is 4.99. The van der Waals surface area contributed by atoms with Crippen LogP contribution >= 0.6 is 11.3 Å². The van der Waals surface area contributed by atoms with Crippen molar-refractivity contribution in [2.75, 3.05) is 23.3 Å². The number of aromatic nitrogens is 2. The molecule has 146 valence electrons. The predicted molar refractivity (Wildman–Crippen MR) is 123 cm³/mol. The number of benzene rings is 2. The van der Waals surface area contributed by atoms with E-state index in [4.69, 9.17) is 0 Å². The SMILES string of the molecule is Cc1nc(Nc2ccc(N3CCCCC3)cc2)c2cc(-c3ccccc3)sc2n1. The van der Waals surface area contributed by atoms with Crippen LogP contribution < -0.4 is 10.2 Å². The van der Waals surface area contributed by atoms with E-state index in [0.717, 1.165) is 40.6 Å². The molecular weight excluding hydrogens is 376 g/mol. The molecule has 0 aliphatic carbocycles. The zero-order chi connectivity index (χ0) is 19.6. The molecule has 2 aromatic heterocycles. The van der Waals surface area contributed by atoms with E-state index in [2.05, 4.69) is 74.8 Å². The first-order valence-electron chi connectivity index (χ1n) is 10.2. The molecule has 0 atom stereocenters. The normalized spacial score (nSPS) is 14.3. The number of nitrogens with one attached hydrogen (secondary N) is 1. The first-order chi connectivity index (χ1) is 14.3. The highest BCUT2D eigenvalue weighted by molar-refractivity contribution is 7.21. The lowest BCUT2D eigenvalue weighted by Gasteiger charge is -2.28. The van der Waals surface area contributed by atoms with Gasteiger partial charge in [0.25, 0.3) is 0 Å². The lowest BCUT2D eigenvalue weighted by molar-refractivity contribution is 0.578. The van der Waals surface area contributed by atoms with Crippen LogP contribution in [0.2, 0.25) is 0 Å². The number of hydrogen-bond donors (Lipinski definition) is 1. The fraction of sp³-hybridized carbons (Fsp3) is 0.250. The molecule has 0 saturated carbocycles. The smallest absolute Gasteiger partial charge is 0.142 e. The van der Waals surface area contributed by atoms with Crippen molar-refractivity contribution in [2.45, 2.75) is 26.2 Å². The molecule has 4 aromatic rings. The Morgan fingerprint density at radius 1 is 0.897 bits per heavy atom. The van der Waals surface area contributed by atoms with Crippen LogP contribution in [0.1, 0.15) is 25.1 Å². The van der Waals surface area contributed by atoms with E-state index >= 15 is 0 Å². The summed E-state index contributed by atoms with van der Waals surface area (Å²) in [6.07, 6.45) is 3.94. The summed E-state index contributed by atoms with van der Waals surface area (Å²) in [5, 5.41) is 4.59. The van der Waals surface area contributed by atoms with Gasteiger partial charge < -0.3 is 10.2 Å². The molecule has 1 N–H and O–H groups in total. The molecule has 29 heavy (non-hydrogen) atoms. The van der Waals surface area contributed by atoms with Gasteiger partial charge in [-0.15, -0.1) is 11.3 Å². The largest absolute Gasteiger partial charge is 0.372 e. The molecule has 5 heteroatoms. The molecule has 4 nitrogen and oxygen atoms in total. The first-order valence-corrected chi connectivity index (χ1v) is 11.0. The summed E-state index contributed by atoms with van der Waals surface area (Å²) in [6, 6.07) is 21.4. The van der Waals surface area contributed by atoms with Crippen LogP contribution in [-0.2, 0) is 0 Å². The summed E-state index contributed by atoms with van der Waals surface area (Å²) in [5.41, 5.74) is 3.57. The molecular formula is C24H24N4S. The second-order valence-electron chi connectivity index (χ2n) is 7.53. The minimum absolute atomic E-state index is 0.784. The summed E-state index contributed by atoms with van der Waals surface area (Å²) in [4.78, 5) is 14.1. The molecule has 0 amide bonds. The van der Waals surface area contributed by atoms with Gasteiger partial charge in [0.15, 0.2) is 0 Å². The fourth-order valence-electron chi connectivity index (χ4n) is 3.91. The maximum atomic E-state index is 4.69. The second-order valence-corrected chi connectivity index (χ2v) is 8.57. The molecule has 0 bridgehead atoms. The molecule has 1 aliphatic heterocycles. The highest BCUT2D eigenvalue weighted by atomic mass is 32.1.